The highest BCUT2D eigenvalue weighted by molar-refractivity contribution is 6.35. The highest BCUT2D eigenvalue weighted by Gasteiger charge is 2.30. The van der Waals surface area contributed by atoms with E-state index in [1.807, 2.05) is 38.1 Å². The van der Waals surface area contributed by atoms with Crippen LogP contribution in [0.15, 0.2) is 60.4 Å². The molecule has 0 amide bonds. The van der Waals surface area contributed by atoms with Crippen LogP contribution in [0.2, 0.25) is 10.0 Å². The van der Waals surface area contributed by atoms with Crippen molar-refractivity contribution in [1.29, 1.82) is 0 Å². The number of fused-ring (bicyclic) bond motifs is 1. The summed E-state index contributed by atoms with van der Waals surface area (Å²) in [5, 5.41) is 1.09. The fourth-order valence-electron chi connectivity index (χ4n) is 3.23. The van der Waals surface area contributed by atoms with Crippen LogP contribution in [0.25, 0.3) is 6.08 Å². The van der Waals surface area contributed by atoms with Crippen molar-refractivity contribution < 1.29 is 14.3 Å². The van der Waals surface area contributed by atoms with Crippen molar-refractivity contribution in [3.05, 3.63) is 98.2 Å². The monoisotopic (exact) mass is 424 g/mol. The molecule has 5 heteroatoms. The van der Waals surface area contributed by atoms with Crippen LogP contribution in [0.1, 0.15) is 32.6 Å². The smallest absolute Gasteiger partial charge is 0.231 e. The summed E-state index contributed by atoms with van der Waals surface area (Å²) in [5.74, 6) is 1.32. The minimum absolute atomic E-state index is 0.132. The van der Waals surface area contributed by atoms with Crippen LogP contribution in [0, 0.1) is 13.8 Å². The number of ketones is 1. The van der Waals surface area contributed by atoms with Crippen LogP contribution in [-0.4, -0.2) is 5.78 Å². The summed E-state index contributed by atoms with van der Waals surface area (Å²) in [6.07, 6.45) is 1.78. The number of halogens is 2. The third kappa shape index (κ3) is 3.76. The van der Waals surface area contributed by atoms with Crippen molar-refractivity contribution in [2.45, 2.75) is 20.5 Å². The largest absolute Gasteiger partial charge is 0.488 e. The first-order valence-corrected chi connectivity index (χ1v) is 9.90. The Morgan fingerprint density at radius 1 is 0.966 bits per heavy atom. The summed E-state index contributed by atoms with van der Waals surface area (Å²) >= 11 is 12.4. The summed E-state index contributed by atoms with van der Waals surface area (Å²) < 4.78 is 11.9. The van der Waals surface area contributed by atoms with Gasteiger partial charge in [-0.2, -0.15) is 0 Å². The minimum atomic E-state index is -0.132. The number of ether oxygens (including phenoxy) is 2. The topological polar surface area (TPSA) is 35.5 Å². The molecule has 3 nitrogen and oxygen atoms in total. The summed E-state index contributed by atoms with van der Waals surface area (Å²) in [4.78, 5) is 12.8. The average Bonchev–Trinajstić information content (AvgIpc) is 3.01. The zero-order chi connectivity index (χ0) is 20.5. The molecule has 3 aromatic rings. The Morgan fingerprint density at radius 3 is 2.41 bits per heavy atom. The Bertz CT molecular complexity index is 1130. The van der Waals surface area contributed by atoms with E-state index in [9.17, 15) is 4.79 Å². The molecule has 0 saturated carbocycles. The summed E-state index contributed by atoms with van der Waals surface area (Å²) in [7, 11) is 0. The van der Waals surface area contributed by atoms with Gasteiger partial charge in [0.25, 0.3) is 0 Å². The van der Waals surface area contributed by atoms with E-state index in [0.717, 1.165) is 16.7 Å². The number of hydrogen-bond donors (Lipinski definition) is 0. The highest BCUT2D eigenvalue weighted by Crippen LogP contribution is 2.40. The molecular weight excluding hydrogens is 407 g/mol. The van der Waals surface area contributed by atoms with Gasteiger partial charge in [0.2, 0.25) is 5.78 Å². The van der Waals surface area contributed by atoms with Crippen LogP contribution in [0.4, 0.5) is 0 Å². The number of hydrogen-bond acceptors (Lipinski definition) is 3. The van der Waals surface area contributed by atoms with Gasteiger partial charge in [0, 0.05) is 21.2 Å². The number of Topliss-reactive ketones (excluding diaryl/α,β-unsaturated/α-hetero) is 1. The molecule has 29 heavy (non-hydrogen) atoms. The molecule has 0 atom stereocenters. The fourth-order valence-corrected chi connectivity index (χ4v) is 3.74. The van der Waals surface area contributed by atoms with Gasteiger partial charge in [0.1, 0.15) is 18.1 Å². The van der Waals surface area contributed by atoms with E-state index in [1.165, 1.54) is 0 Å². The van der Waals surface area contributed by atoms with Crippen molar-refractivity contribution >= 4 is 35.1 Å². The lowest BCUT2D eigenvalue weighted by Gasteiger charge is -2.13. The normalized spacial score (nSPS) is 14.1. The van der Waals surface area contributed by atoms with Crippen molar-refractivity contribution in [2.24, 2.45) is 0 Å². The molecule has 0 fully saturated rings. The lowest BCUT2D eigenvalue weighted by atomic mass is 10.0. The maximum absolute atomic E-state index is 12.8. The zero-order valence-electron chi connectivity index (χ0n) is 16.0. The molecule has 0 N–H and O–H groups in total. The number of rotatable bonds is 4. The first kappa shape index (κ1) is 19.6. The first-order chi connectivity index (χ1) is 14.0. The molecule has 0 aliphatic carbocycles. The number of carbonyl (C=O) groups excluding carboxylic acids is 1. The van der Waals surface area contributed by atoms with Crippen LogP contribution < -0.4 is 9.47 Å². The predicted octanol–water partition coefficient (Wildman–Crippen LogP) is 6.81. The minimum Gasteiger partial charge on any atom is -0.488 e. The lowest BCUT2D eigenvalue weighted by molar-refractivity contribution is 0.101. The van der Waals surface area contributed by atoms with Gasteiger partial charge in [-0.05, 0) is 55.3 Å². The second-order valence-corrected chi connectivity index (χ2v) is 7.67. The van der Waals surface area contributed by atoms with Gasteiger partial charge in [0.15, 0.2) is 5.76 Å². The molecule has 1 heterocycles. The van der Waals surface area contributed by atoms with Gasteiger partial charge in [-0.25, -0.2) is 0 Å². The second-order valence-electron chi connectivity index (χ2n) is 6.85. The quantitative estimate of drug-likeness (QED) is 0.431. The number of carbonyl (C=O) groups is 1. The van der Waals surface area contributed by atoms with E-state index in [-0.39, 0.29) is 12.4 Å². The SMILES string of the molecule is Cc1ccccc1/C=C1\Oc2c(ccc(OCc3c(Cl)cccc3Cl)c2C)C1=O. The maximum Gasteiger partial charge on any atom is 0.231 e. The second kappa shape index (κ2) is 7.94. The summed E-state index contributed by atoms with van der Waals surface area (Å²) in [6.45, 7) is 4.08. The van der Waals surface area contributed by atoms with Crippen LogP contribution in [0.3, 0.4) is 0 Å². The molecular formula is C24H18Cl2O3. The molecule has 0 saturated heterocycles. The third-order valence-electron chi connectivity index (χ3n) is 4.95. The molecule has 0 aromatic heterocycles. The average molecular weight is 425 g/mol. The van der Waals surface area contributed by atoms with Crippen LogP contribution >= 0.6 is 23.2 Å². The van der Waals surface area contributed by atoms with E-state index >= 15 is 0 Å². The van der Waals surface area contributed by atoms with Crippen molar-refractivity contribution in [3.8, 4) is 11.5 Å². The first-order valence-electron chi connectivity index (χ1n) is 9.15. The Labute approximate surface area is 179 Å². The maximum atomic E-state index is 12.8. The molecule has 0 spiro atoms. The van der Waals surface area contributed by atoms with E-state index in [1.54, 1.807) is 36.4 Å². The van der Waals surface area contributed by atoms with Crippen LogP contribution in [-0.2, 0) is 6.61 Å². The van der Waals surface area contributed by atoms with E-state index in [0.29, 0.717) is 38.4 Å². The Balaban J connectivity index is 1.61. The molecule has 146 valence electrons. The highest BCUT2D eigenvalue weighted by atomic mass is 35.5. The van der Waals surface area contributed by atoms with E-state index < -0.39 is 0 Å². The van der Waals surface area contributed by atoms with Crippen molar-refractivity contribution in [1.82, 2.24) is 0 Å². The number of aryl methyl sites for hydroxylation is 1. The lowest BCUT2D eigenvalue weighted by Crippen LogP contribution is -2.00. The summed E-state index contributed by atoms with van der Waals surface area (Å²) in [5.41, 5.74) is 4.03. The van der Waals surface area contributed by atoms with Gasteiger partial charge in [-0.1, -0.05) is 53.5 Å². The van der Waals surface area contributed by atoms with Gasteiger partial charge in [0.05, 0.1) is 5.56 Å². The molecule has 1 aliphatic rings. The molecule has 0 unspecified atom stereocenters. The summed E-state index contributed by atoms with van der Waals surface area (Å²) in [6, 6.07) is 16.7. The Morgan fingerprint density at radius 2 is 1.69 bits per heavy atom. The van der Waals surface area contributed by atoms with Crippen LogP contribution in [0.5, 0.6) is 11.5 Å². The molecule has 0 radical (unpaired) electrons. The van der Waals surface area contributed by atoms with Gasteiger partial charge in [-0.3, -0.25) is 4.79 Å². The standard InChI is InChI=1S/C24H18Cl2O3/c1-14-6-3-4-7-16(14)12-22-23(27)17-10-11-21(15(2)24(17)29-22)28-13-18-19(25)8-5-9-20(18)26/h3-12H,13H2,1-2H3/b22-12-. The van der Waals surface area contributed by atoms with Gasteiger partial charge >= 0.3 is 0 Å². The fraction of sp³-hybridized carbons (Fsp3) is 0.125. The van der Waals surface area contributed by atoms with Crippen molar-refractivity contribution in [2.75, 3.05) is 0 Å². The molecule has 4 rings (SSSR count). The predicted molar refractivity (Wildman–Crippen MR) is 116 cm³/mol. The third-order valence-corrected chi connectivity index (χ3v) is 5.65. The molecule has 3 aromatic carbocycles. The van der Waals surface area contributed by atoms with E-state index in [2.05, 4.69) is 0 Å². The van der Waals surface area contributed by atoms with Gasteiger partial charge < -0.3 is 9.47 Å². The molecule has 0 bridgehead atoms. The Kier molecular flexibility index (Phi) is 5.35. The van der Waals surface area contributed by atoms with E-state index in [4.69, 9.17) is 32.7 Å². The molecule has 1 aliphatic heterocycles. The van der Waals surface area contributed by atoms with Gasteiger partial charge in [-0.15, -0.1) is 0 Å². The number of benzene rings is 3. The zero-order valence-corrected chi connectivity index (χ0v) is 17.5. The van der Waals surface area contributed by atoms with Crippen molar-refractivity contribution in [3.63, 3.8) is 0 Å². The number of allylic oxidation sites excluding steroid dienone is 1. The Hall–Kier alpha value is -2.75.